The molecule has 3 aromatic carbocycles. The Morgan fingerprint density at radius 3 is 2.43 bits per heavy atom. The number of anilines is 1. The van der Waals surface area contributed by atoms with Crippen LogP contribution in [-0.4, -0.2) is 21.0 Å². The summed E-state index contributed by atoms with van der Waals surface area (Å²) < 4.78 is 27.9. The van der Waals surface area contributed by atoms with Crippen LogP contribution in [0.1, 0.15) is 35.4 Å². The molecule has 1 heterocycles. The normalized spacial score (nSPS) is 20.6. The van der Waals surface area contributed by atoms with E-state index in [2.05, 4.69) is 41.7 Å². The maximum Gasteiger partial charge on any atom is 0.264 e. The molecular formula is C25H26N2O2S. The molecule has 1 N–H and O–H groups in total. The molecule has 2 aliphatic rings. The summed E-state index contributed by atoms with van der Waals surface area (Å²) in [7, 11) is -3.52. The minimum atomic E-state index is -3.52. The van der Waals surface area contributed by atoms with Crippen LogP contribution in [0.25, 0.3) is 0 Å². The van der Waals surface area contributed by atoms with E-state index in [9.17, 15) is 8.42 Å². The maximum absolute atomic E-state index is 13.2. The lowest BCUT2D eigenvalue weighted by atomic mass is 9.99. The second-order valence-corrected chi connectivity index (χ2v) is 10.1. The molecule has 154 valence electrons. The standard InChI is InChI=1S/C25H26N2O2S/c28-30(29,22-11-5-2-6-12-22)27-15-7-10-21-16-20(13-14-25(21)27)23-17-24(23)26-18-19-8-3-1-4-9-19/h1-6,8-9,11-14,16,23-24,26H,7,10,15,17-18H2/t23-,24+/m0/s1. The Labute approximate surface area is 178 Å². The molecule has 1 fully saturated rings. The highest BCUT2D eigenvalue weighted by Gasteiger charge is 2.38. The number of hydrogen-bond acceptors (Lipinski definition) is 3. The van der Waals surface area contributed by atoms with Gasteiger partial charge in [-0.25, -0.2) is 8.42 Å². The van der Waals surface area contributed by atoms with Crippen molar-refractivity contribution in [2.24, 2.45) is 0 Å². The summed E-state index contributed by atoms with van der Waals surface area (Å²) in [6.07, 6.45) is 2.92. The van der Waals surface area contributed by atoms with E-state index in [0.29, 0.717) is 23.4 Å². The average Bonchev–Trinajstić information content (AvgIpc) is 3.58. The molecule has 0 aromatic heterocycles. The lowest BCUT2D eigenvalue weighted by molar-refractivity contribution is 0.586. The molecule has 5 rings (SSSR count). The van der Waals surface area contributed by atoms with Crippen LogP contribution in [0.2, 0.25) is 0 Å². The zero-order chi connectivity index (χ0) is 20.6. The zero-order valence-electron chi connectivity index (χ0n) is 16.9. The smallest absolute Gasteiger partial charge is 0.264 e. The van der Waals surface area contributed by atoms with Crippen LogP contribution in [0.5, 0.6) is 0 Å². The van der Waals surface area contributed by atoms with Gasteiger partial charge in [0, 0.05) is 25.0 Å². The lowest BCUT2D eigenvalue weighted by Gasteiger charge is -2.31. The van der Waals surface area contributed by atoms with E-state index in [0.717, 1.165) is 37.1 Å². The van der Waals surface area contributed by atoms with Gasteiger partial charge in [0.25, 0.3) is 10.0 Å². The van der Waals surface area contributed by atoms with Gasteiger partial charge in [-0.1, -0.05) is 60.7 Å². The minimum absolute atomic E-state index is 0.356. The van der Waals surface area contributed by atoms with Gasteiger partial charge in [-0.3, -0.25) is 4.31 Å². The largest absolute Gasteiger partial charge is 0.309 e. The molecular weight excluding hydrogens is 392 g/mol. The summed E-state index contributed by atoms with van der Waals surface area (Å²) in [5.74, 6) is 0.514. The third kappa shape index (κ3) is 3.75. The number of nitrogens with zero attached hydrogens (tertiary/aromatic N) is 1. The molecule has 4 nitrogen and oxygen atoms in total. The maximum atomic E-state index is 13.2. The highest BCUT2D eigenvalue weighted by Crippen LogP contribution is 2.43. The van der Waals surface area contributed by atoms with Crippen molar-refractivity contribution in [3.63, 3.8) is 0 Å². The number of nitrogens with one attached hydrogen (secondary N) is 1. The Balaban J connectivity index is 1.32. The van der Waals surface area contributed by atoms with E-state index in [1.54, 1.807) is 28.6 Å². The fourth-order valence-electron chi connectivity index (χ4n) is 4.42. The fourth-order valence-corrected chi connectivity index (χ4v) is 5.98. The summed E-state index contributed by atoms with van der Waals surface area (Å²) in [4.78, 5) is 0.356. The van der Waals surface area contributed by atoms with E-state index in [1.807, 2.05) is 18.2 Å². The van der Waals surface area contributed by atoms with Crippen LogP contribution in [0, 0.1) is 0 Å². The van der Waals surface area contributed by atoms with Gasteiger partial charge in [0.2, 0.25) is 0 Å². The molecule has 0 radical (unpaired) electrons. The van der Waals surface area contributed by atoms with E-state index < -0.39 is 10.0 Å². The Kier molecular flexibility index (Phi) is 5.09. The second-order valence-electron chi connectivity index (χ2n) is 8.20. The van der Waals surface area contributed by atoms with Gasteiger partial charge in [-0.2, -0.15) is 0 Å². The van der Waals surface area contributed by atoms with Crippen molar-refractivity contribution in [2.45, 2.75) is 42.7 Å². The van der Waals surface area contributed by atoms with Crippen molar-refractivity contribution in [3.8, 4) is 0 Å². The summed E-state index contributed by atoms with van der Waals surface area (Å²) in [6.45, 7) is 1.42. The number of aryl methyl sites for hydroxylation is 1. The first kappa shape index (κ1) is 19.3. The van der Waals surface area contributed by atoms with Gasteiger partial charge in [0.05, 0.1) is 10.6 Å². The van der Waals surface area contributed by atoms with Gasteiger partial charge >= 0.3 is 0 Å². The van der Waals surface area contributed by atoms with E-state index in [4.69, 9.17) is 0 Å². The first-order valence-corrected chi connectivity index (χ1v) is 12.0. The average molecular weight is 419 g/mol. The quantitative estimate of drug-likeness (QED) is 0.642. The van der Waals surface area contributed by atoms with Gasteiger partial charge in [-0.05, 0) is 54.2 Å². The van der Waals surface area contributed by atoms with Crippen molar-refractivity contribution in [1.29, 1.82) is 0 Å². The van der Waals surface area contributed by atoms with Crippen LogP contribution < -0.4 is 9.62 Å². The topological polar surface area (TPSA) is 49.4 Å². The van der Waals surface area contributed by atoms with Gasteiger partial charge in [-0.15, -0.1) is 0 Å². The second kappa shape index (κ2) is 7.89. The molecule has 0 saturated heterocycles. The van der Waals surface area contributed by atoms with Gasteiger partial charge in [0.1, 0.15) is 0 Å². The molecule has 1 aliphatic carbocycles. The van der Waals surface area contributed by atoms with Crippen LogP contribution in [0.3, 0.4) is 0 Å². The molecule has 3 aromatic rings. The molecule has 2 atom stereocenters. The van der Waals surface area contributed by atoms with Crippen LogP contribution in [-0.2, 0) is 23.0 Å². The van der Waals surface area contributed by atoms with Crippen molar-refractivity contribution in [2.75, 3.05) is 10.8 Å². The predicted molar refractivity (Wildman–Crippen MR) is 120 cm³/mol. The predicted octanol–water partition coefficient (Wildman–Crippen LogP) is 4.47. The van der Waals surface area contributed by atoms with E-state index in [-0.39, 0.29) is 0 Å². The molecule has 0 bridgehead atoms. The van der Waals surface area contributed by atoms with Crippen molar-refractivity contribution < 1.29 is 8.42 Å². The Hall–Kier alpha value is -2.63. The fraction of sp³-hybridized carbons (Fsp3) is 0.280. The number of fused-ring (bicyclic) bond motifs is 1. The Bertz CT molecular complexity index is 1130. The number of hydrogen-bond donors (Lipinski definition) is 1. The van der Waals surface area contributed by atoms with Crippen molar-refractivity contribution >= 4 is 15.7 Å². The summed E-state index contributed by atoms with van der Waals surface area (Å²) in [5.41, 5.74) is 4.60. The summed E-state index contributed by atoms with van der Waals surface area (Å²) in [5, 5.41) is 3.65. The third-order valence-electron chi connectivity index (χ3n) is 6.14. The van der Waals surface area contributed by atoms with Crippen LogP contribution in [0.4, 0.5) is 5.69 Å². The molecule has 0 amide bonds. The highest BCUT2D eigenvalue weighted by atomic mass is 32.2. The van der Waals surface area contributed by atoms with Gasteiger partial charge < -0.3 is 5.32 Å². The molecule has 0 spiro atoms. The monoisotopic (exact) mass is 418 g/mol. The first-order valence-electron chi connectivity index (χ1n) is 10.6. The lowest BCUT2D eigenvalue weighted by Crippen LogP contribution is -2.35. The third-order valence-corrected chi connectivity index (χ3v) is 7.97. The Morgan fingerprint density at radius 1 is 0.933 bits per heavy atom. The number of benzene rings is 3. The van der Waals surface area contributed by atoms with Crippen molar-refractivity contribution in [1.82, 2.24) is 5.32 Å². The van der Waals surface area contributed by atoms with E-state index >= 15 is 0 Å². The first-order chi connectivity index (χ1) is 14.6. The van der Waals surface area contributed by atoms with Gasteiger partial charge in [0.15, 0.2) is 0 Å². The highest BCUT2D eigenvalue weighted by molar-refractivity contribution is 7.92. The van der Waals surface area contributed by atoms with E-state index in [1.165, 1.54) is 11.1 Å². The zero-order valence-corrected chi connectivity index (χ0v) is 17.7. The van der Waals surface area contributed by atoms with Crippen LogP contribution >= 0.6 is 0 Å². The molecule has 30 heavy (non-hydrogen) atoms. The molecule has 1 aliphatic heterocycles. The Morgan fingerprint density at radius 2 is 1.67 bits per heavy atom. The minimum Gasteiger partial charge on any atom is -0.309 e. The number of sulfonamides is 1. The molecule has 0 unspecified atom stereocenters. The van der Waals surface area contributed by atoms with Crippen LogP contribution in [0.15, 0.2) is 83.8 Å². The molecule has 5 heteroatoms. The summed E-state index contributed by atoms with van der Waals surface area (Å²) in [6, 6.07) is 26.1. The molecule has 1 saturated carbocycles. The SMILES string of the molecule is O=S(=O)(c1ccccc1)N1CCCc2cc([C@@H]3C[C@H]3NCc3ccccc3)ccc21. The summed E-state index contributed by atoms with van der Waals surface area (Å²) >= 11 is 0. The van der Waals surface area contributed by atoms with Crippen molar-refractivity contribution in [3.05, 3.63) is 95.6 Å². The number of rotatable bonds is 6.